The van der Waals surface area contributed by atoms with Crippen molar-refractivity contribution in [1.29, 1.82) is 0 Å². The van der Waals surface area contributed by atoms with E-state index in [0.717, 1.165) is 28.7 Å². The molecule has 2 aromatic heterocycles. The van der Waals surface area contributed by atoms with Crippen molar-refractivity contribution in [1.82, 2.24) is 20.0 Å². The van der Waals surface area contributed by atoms with Gasteiger partial charge in [0.05, 0.1) is 18.3 Å². The Morgan fingerprint density at radius 3 is 2.92 bits per heavy atom. The largest absolute Gasteiger partial charge is 0.388 e. The summed E-state index contributed by atoms with van der Waals surface area (Å²) in [6.07, 6.45) is 4.14. The maximum absolute atomic E-state index is 10.2. The third-order valence-electron chi connectivity index (χ3n) is 3.78. The molecule has 1 aromatic carbocycles. The lowest BCUT2D eigenvalue weighted by Gasteiger charge is -2.14. The number of aromatic nitrogens is 2. The van der Waals surface area contributed by atoms with Gasteiger partial charge in [0.1, 0.15) is 0 Å². The van der Waals surface area contributed by atoms with E-state index in [1.807, 2.05) is 59.4 Å². The fraction of sp³-hybridized carbons (Fsp3) is 0.333. The van der Waals surface area contributed by atoms with Crippen LogP contribution in [0.4, 0.5) is 0 Å². The number of hydrogen-bond acceptors (Lipinski definition) is 4. The highest BCUT2D eigenvalue weighted by atomic mass is 32.1. The Morgan fingerprint density at radius 2 is 2.16 bits per heavy atom. The van der Waals surface area contributed by atoms with Crippen molar-refractivity contribution in [3.63, 3.8) is 0 Å². The fourth-order valence-corrected chi connectivity index (χ4v) is 3.24. The zero-order valence-corrected chi connectivity index (χ0v) is 15.0. The first-order chi connectivity index (χ1) is 12.3. The number of aliphatic hydroxyl groups is 1. The number of hydrogen-bond donors (Lipinski definition) is 3. The molecule has 0 aliphatic carbocycles. The number of nitrogens with zero attached hydrogens (tertiary/aromatic N) is 3. The van der Waals surface area contributed by atoms with Crippen LogP contribution < -0.4 is 10.6 Å². The Hall–Kier alpha value is -2.38. The second-order valence-electron chi connectivity index (χ2n) is 5.66. The number of rotatable bonds is 7. The molecule has 25 heavy (non-hydrogen) atoms. The maximum atomic E-state index is 10.2. The lowest BCUT2D eigenvalue weighted by molar-refractivity contribution is 0.168. The van der Waals surface area contributed by atoms with Gasteiger partial charge in [0.15, 0.2) is 10.9 Å². The Kier molecular flexibility index (Phi) is 6.03. The normalized spacial score (nSPS) is 13.1. The predicted octanol–water partition coefficient (Wildman–Crippen LogP) is 2.57. The number of imidazole rings is 1. The van der Waals surface area contributed by atoms with Crippen molar-refractivity contribution >= 4 is 22.3 Å². The first-order valence-corrected chi connectivity index (χ1v) is 9.30. The Balaban J connectivity index is 1.52. The molecule has 0 aliphatic heterocycles. The third kappa shape index (κ3) is 4.80. The second-order valence-corrected chi connectivity index (χ2v) is 6.54. The molecule has 2 heterocycles. The predicted molar refractivity (Wildman–Crippen MR) is 102 cm³/mol. The number of guanidine groups is 1. The van der Waals surface area contributed by atoms with Gasteiger partial charge in [-0.3, -0.25) is 4.40 Å². The van der Waals surface area contributed by atoms with Gasteiger partial charge in [0.25, 0.3) is 0 Å². The summed E-state index contributed by atoms with van der Waals surface area (Å²) in [5, 5.41) is 18.7. The Labute approximate surface area is 151 Å². The van der Waals surface area contributed by atoms with Gasteiger partial charge >= 0.3 is 0 Å². The molecule has 0 bridgehead atoms. The number of benzene rings is 1. The number of thiazole rings is 1. The van der Waals surface area contributed by atoms with Crippen LogP contribution in [0.5, 0.6) is 0 Å². The average molecular weight is 357 g/mol. The van der Waals surface area contributed by atoms with E-state index in [0.29, 0.717) is 19.5 Å². The summed E-state index contributed by atoms with van der Waals surface area (Å²) in [4.78, 5) is 10.1. The highest BCUT2D eigenvalue weighted by Crippen LogP contribution is 2.15. The first kappa shape index (κ1) is 17.4. The molecular formula is C18H23N5OS. The molecule has 1 atom stereocenters. The van der Waals surface area contributed by atoms with E-state index in [2.05, 4.69) is 20.6 Å². The van der Waals surface area contributed by atoms with Gasteiger partial charge in [-0.15, -0.1) is 11.3 Å². The van der Waals surface area contributed by atoms with E-state index in [4.69, 9.17) is 0 Å². The van der Waals surface area contributed by atoms with E-state index >= 15 is 0 Å². The van der Waals surface area contributed by atoms with Crippen LogP contribution in [0.25, 0.3) is 4.96 Å². The minimum atomic E-state index is -0.475. The molecule has 0 spiro atoms. The summed E-state index contributed by atoms with van der Waals surface area (Å²) in [6.45, 7) is 3.97. The molecule has 7 heteroatoms. The molecule has 132 valence electrons. The molecule has 0 amide bonds. The summed E-state index contributed by atoms with van der Waals surface area (Å²) in [7, 11) is 0. The molecule has 0 saturated carbocycles. The summed E-state index contributed by atoms with van der Waals surface area (Å²) in [5.41, 5.74) is 1.87. The fourth-order valence-electron chi connectivity index (χ4n) is 2.52. The van der Waals surface area contributed by atoms with E-state index in [9.17, 15) is 5.11 Å². The molecule has 3 N–H and O–H groups in total. The smallest absolute Gasteiger partial charge is 0.193 e. The summed E-state index contributed by atoms with van der Waals surface area (Å²) in [5.74, 6) is 0.735. The van der Waals surface area contributed by atoms with E-state index in [1.54, 1.807) is 11.3 Å². The van der Waals surface area contributed by atoms with Crippen LogP contribution in [0.2, 0.25) is 0 Å². The second kappa shape index (κ2) is 8.64. The molecule has 3 rings (SSSR count). The van der Waals surface area contributed by atoms with E-state index in [-0.39, 0.29) is 0 Å². The molecule has 6 nitrogen and oxygen atoms in total. The van der Waals surface area contributed by atoms with Crippen LogP contribution in [0.15, 0.2) is 53.1 Å². The van der Waals surface area contributed by atoms with Crippen LogP contribution in [0.3, 0.4) is 0 Å². The van der Waals surface area contributed by atoms with E-state index < -0.39 is 6.10 Å². The highest BCUT2D eigenvalue weighted by Gasteiger charge is 2.07. The summed E-state index contributed by atoms with van der Waals surface area (Å²) < 4.78 is 2.01. The van der Waals surface area contributed by atoms with Gasteiger partial charge < -0.3 is 15.7 Å². The SMILES string of the molecule is CCNC(=NCc1cn2ccsc2n1)NCCC(O)c1ccccc1. The van der Waals surface area contributed by atoms with Crippen LogP contribution >= 0.6 is 11.3 Å². The molecule has 0 aliphatic rings. The van der Waals surface area contributed by atoms with Crippen molar-refractivity contribution in [3.8, 4) is 0 Å². The topological polar surface area (TPSA) is 74.0 Å². The van der Waals surface area contributed by atoms with E-state index in [1.165, 1.54) is 0 Å². The highest BCUT2D eigenvalue weighted by molar-refractivity contribution is 7.15. The molecule has 3 aromatic rings. The van der Waals surface area contributed by atoms with Crippen molar-refractivity contribution in [2.75, 3.05) is 13.1 Å². The van der Waals surface area contributed by atoms with Gasteiger partial charge in [-0.25, -0.2) is 9.98 Å². The lowest BCUT2D eigenvalue weighted by Crippen LogP contribution is -2.38. The molecule has 1 unspecified atom stereocenters. The summed E-state index contributed by atoms with van der Waals surface area (Å²) in [6, 6.07) is 9.70. The zero-order valence-electron chi connectivity index (χ0n) is 14.2. The number of aliphatic hydroxyl groups excluding tert-OH is 1. The Morgan fingerprint density at radius 1 is 1.32 bits per heavy atom. The minimum Gasteiger partial charge on any atom is -0.388 e. The molecular weight excluding hydrogens is 334 g/mol. The molecule has 0 saturated heterocycles. The number of nitrogens with one attached hydrogen (secondary N) is 2. The van der Waals surface area contributed by atoms with Crippen LogP contribution in [-0.2, 0) is 6.54 Å². The van der Waals surface area contributed by atoms with Crippen LogP contribution in [0.1, 0.15) is 30.7 Å². The average Bonchev–Trinajstić information content (AvgIpc) is 3.22. The van der Waals surface area contributed by atoms with Gasteiger partial charge in [0.2, 0.25) is 0 Å². The van der Waals surface area contributed by atoms with Crippen molar-refractivity contribution in [2.45, 2.75) is 26.0 Å². The lowest BCUT2D eigenvalue weighted by atomic mass is 10.1. The third-order valence-corrected chi connectivity index (χ3v) is 4.55. The number of aliphatic imine (C=N–C) groups is 1. The monoisotopic (exact) mass is 357 g/mol. The van der Waals surface area contributed by atoms with Gasteiger partial charge in [-0.2, -0.15) is 0 Å². The first-order valence-electron chi connectivity index (χ1n) is 8.42. The quantitative estimate of drug-likeness (QED) is 0.449. The van der Waals surface area contributed by atoms with Crippen molar-refractivity contribution < 1.29 is 5.11 Å². The zero-order chi connectivity index (χ0) is 17.5. The van der Waals surface area contributed by atoms with Crippen molar-refractivity contribution in [3.05, 3.63) is 59.4 Å². The Bertz CT molecular complexity index is 783. The number of fused-ring (bicyclic) bond motifs is 1. The molecule has 0 fully saturated rings. The van der Waals surface area contributed by atoms with Gasteiger partial charge in [0, 0.05) is 30.9 Å². The van der Waals surface area contributed by atoms with Gasteiger partial charge in [-0.1, -0.05) is 30.3 Å². The maximum Gasteiger partial charge on any atom is 0.193 e. The minimum absolute atomic E-state index is 0.475. The van der Waals surface area contributed by atoms with Crippen LogP contribution in [0, 0.1) is 0 Å². The summed E-state index contributed by atoms with van der Waals surface area (Å²) >= 11 is 1.61. The standard InChI is InChI=1S/C18H23N5OS/c1-2-19-17(20-9-8-16(24)14-6-4-3-5-7-14)21-12-15-13-23-10-11-25-18(23)22-15/h3-7,10-11,13,16,24H,2,8-9,12H2,1H3,(H2,19,20,21). The van der Waals surface area contributed by atoms with Crippen LogP contribution in [-0.4, -0.2) is 33.5 Å². The van der Waals surface area contributed by atoms with Gasteiger partial charge in [-0.05, 0) is 18.9 Å². The molecule has 0 radical (unpaired) electrons. The van der Waals surface area contributed by atoms with Crippen molar-refractivity contribution in [2.24, 2.45) is 4.99 Å².